The summed E-state index contributed by atoms with van der Waals surface area (Å²) in [6.07, 6.45) is 3.40. The highest BCUT2D eigenvalue weighted by molar-refractivity contribution is 9.09. The molecule has 0 aliphatic heterocycles. The van der Waals surface area contributed by atoms with Gasteiger partial charge < -0.3 is 20.7 Å². The lowest BCUT2D eigenvalue weighted by molar-refractivity contribution is -0.126. The molecule has 2 aliphatic rings. The number of fused-ring (bicyclic) bond motifs is 3. The van der Waals surface area contributed by atoms with Gasteiger partial charge in [0.2, 0.25) is 5.91 Å². The summed E-state index contributed by atoms with van der Waals surface area (Å²) in [5.41, 5.74) is 10.1. The normalized spacial score (nSPS) is 18.0. The van der Waals surface area contributed by atoms with Crippen LogP contribution in [0.1, 0.15) is 67.2 Å². The fourth-order valence-electron chi connectivity index (χ4n) is 6.47. The van der Waals surface area contributed by atoms with E-state index >= 15 is 0 Å². The Balaban J connectivity index is 1.03. The van der Waals surface area contributed by atoms with Crippen molar-refractivity contribution in [1.82, 2.24) is 21.4 Å². The lowest BCUT2D eigenvalue weighted by atomic mass is 9.81. The van der Waals surface area contributed by atoms with E-state index in [9.17, 15) is 14.4 Å². The van der Waals surface area contributed by atoms with Crippen LogP contribution in [0.3, 0.4) is 0 Å². The molecule has 0 aromatic heterocycles. The molecule has 248 valence electrons. The van der Waals surface area contributed by atoms with Crippen LogP contribution < -0.4 is 21.4 Å². The summed E-state index contributed by atoms with van der Waals surface area (Å²) < 4.78 is 5.71. The van der Waals surface area contributed by atoms with Gasteiger partial charge in [0.05, 0.1) is 11.8 Å². The number of rotatable bonds is 12. The molecule has 0 unspecified atom stereocenters. The third-order valence-corrected chi connectivity index (χ3v) is 9.81. The van der Waals surface area contributed by atoms with Crippen LogP contribution in [0.15, 0.2) is 77.9 Å². The average molecular weight is 703 g/mol. The molecule has 4 amide bonds. The lowest BCUT2D eigenvalue weighted by Crippen LogP contribution is -2.44. The highest BCUT2D eigenvalue weighted by Crippen LogP contribution is 2.44. The number of benzene rings is 3. The van der Waals surface area contributed by atoms with Crippen molar-refractivity contribution in [3.8, 4) is 11.1 Å². The third-order valence-electron chi connectivity index (χ3n) is 9.24. The molecule has 4 N–H and O–H groups in total. The maximum atomic E-state index is 12.9. The molecule has 0 saturated heterocycles. The minimum atomic E-state index is -0.531. The largest absolute Gasteiger partial charge is 0.449 e. The summed E-state index contributed by atoms with van der Waals surface area (Å²) in [6.45, 7) is 5.25. The number of alkyl carbamates (subject to hydrolysis) is 1. The summed E-state index contributed by atoms with van der Waals surface area (Å²) in [7, 11) is 0. The molecule has 1 saturated carbocycles. The summed E-state index contributed by atoms with van der Waals surface area (Å²) in [5, 5.41) is 13.5. The predicted molar refractivity (Wildman–Crippen MR) is 189 cm³/mol. The van der Waals surface area contributed by atoms with Crippen LogP contribution in [0.25, 0.3) is 11.1 Å². The maximum absolute atomic E-state index is 12.9. The number of carbonyl (C=O) groups excluding carboxylic acids is 3. The molecule has 3 aromatic carbocycles. The Morgan fingerprint density at radius 1 is 0.894 bits per heavy atom. The van der Waals surface area contributed by atoms with Crippen molar-refractivity contribution < 1.29 is 19.1 Å². The summed E-state index contributed by atoms with van der Waals surface area (Å²) in [4.78, 5) is 38.1. The molecule has 47 heavy (non-hydrogen) atoms. The predicted octanol–water partition coefficient (Wildman–Crippen LogP) is 6.79. The third kappa shape index (κ3) is 9.00. The van der Waals surface area contributed by atoms with Gasteiger partial charge in [-0.1, -0.05) is 101 Å². The van der Waals surface area contributed by atoms with Gasteiger partial charge in [0.25, 0.3) is 0 Å². The van der Waals surface area contributed by atoms with Gasteiger partial charge in [-0.2, -0.15) is 5.10 Å². The summed E-state index contributed by atoms with van der Waals surface area (Å²) >= 11 is 3.44. The van der Waals surface area contributed by atoms with Crippen LogP contribution in [-0.2, 0) is 16.1 Å². The first kappa shape index (κ1) is 34.2. The van der Waals surface area contributed by atoms with E-state index in [1.54, 1.807) is 0 Å². The zero-order valence-corrected chi connectivity index (χ0v) is 28.6. The fraction of sp³-hybridized carbons (Fsp3) is 0.405. The van der Waals surface area contributed by atoms with Crippen LogP contribution in [0.4, 0.5) is 9.59 Å². The van der Waals surface area contributed by atoms with E-state index in [1.807, 2.05) is 62.4 Å². The van der Waals surface area contributed by atoms with Crippen molar-refractivity contribution in [3.05, 3.63) is 95.1 Å². The van der Waals surface area contributed by atoms with Crippen molar-refractivity contribution in [2.45, 2.75) is 64.5 Å². The van der Waals surface area contributed by atoms with Crippen molar-refractivity contribution in [1.29, 1.82) is 0 Å². The van der Waals surface area contributed by atoms with E-state index in [1.165, 1.54) is 16.7 Å². The Bertz CT molecular complexity index is 1520. The van der Waals surface area contributed by atoms with Crippen LogP contribution in [0.2, 0.25) is 0 Å². The Morgan fingerprint density at radius 2 is 1.53 bits per heavy atom. The molecule has 0 heterocycles. The SMILES string of the molecule is CC[C@H](NC(=O)OCC1c2ccccc2-c2ccccc21)/C(CBr)=N\NC(=O)NCC1CCC(C(=O)NCc2ccc(C)cc2)CC1. The van der Waals surface area contributed by atoms with Gasteiger partial charge in [0.1, 0.15) is 6.61 Å². The second kappa shape index (κ2) is 16.6. The molecule has 3 aromatic rings. The molecule has 9 nitrogen and oxygen atoms in total. The highest BCUT2D eigenvalue weighted by Gasteiger charge is 2.30. The van der Waals surface area contributed by atoms with Crippen LogP contribution in [0.5, 0.6) is 0 Å². The summed E-state index contributed by atoms with van der Waals surface area (Å²) in [5.74, 6) is 0.384. The van der Waals surface area contributed by atoms with Gasteiger partial charge in [-0.25, -0.2) is 15.0 Å². The first-order valence-electron chi connectivity index (χ1n) is 16.5. The number of halogens is 1. The molecule has 1 atom stereocenters. The van der Waals surface area contributed by atoms with Crippen molar-refractivity contribution >= 4 is 39.7 Å². The van der Waals surface area contributed by atoms with Crippen molar-refractivity contribution in [2.24, 2.45) is 16.9 Å². The molecule has 10 heteroatoms. The van der Waals surface area contributed by atoms with E-state index in [0.717, 1.165) is 42.4 Å². The van der Waals surface area contributed by atoms with E-state index < -0.39 is 18.2 Å². The number of nitrogens with one attached hydrogen (secondary N) is 4. The van der Waals surface area contributed by atoms with E-state index in [0.29, 0.717) is 36.5 Å². The van der Waals surface area contributed by atoms with Gasteiger partial charge in [0, 0.05) is 30.3 Å². The topological polar surface area (TPSA) is 121 Å². The highest BCUT2D eigenvalue weighted by atomic mass is 79.9. The molecular weight excluding hydrogens is 658 g/mol. The zero-order valence-electron chi connectivity index (χ0n) is 27.1. The smallest absolute Gasteiger partial charge is 0.407 e. The summed E-state index contributed by atoms with van der Waals surface area (Å²) in [6, 6.07) is 23.8. The number of alkyl halides is 1. The second-order valence-corrected chi connectivity index (χ2v) is 13.0. The number of urea groups is 1. The number of carbonyl (C=O) groups is 3. The molecule has 5 rings (SSSR count). The maximum Gasteiger partial charge on any atom is 0.407 e. The number of aryl methyl sites for hydroxylation is 1. The van der Waals surface area contributed by atoms with Gasteiger partial charge in [0.15, 0.2) is 0 Å². The van der Waals surface area contributed by atoms with E-state index in [4.69, 9.17) is 4.74 Å². The van der Waals surface area contributed by atoms with E-state index in [-0.39, 0.29) is 24.3 Å². The Hall–Kier alpha value is -4.18. The average Bonchev–Trinajstić information content (AvgIpc) is 3.42. The minimum Gasteiger partial charge on any atom is -0.449 e. The standard InChI is InChI=1S/C37H44BrN5O4/c1-3-33(41-37(46)47-23-32-30-10-6-4-8-28(30)29-9-5-7-11-31(29)32)34(20-38)42-43-36(45)40-22-26-16-18-27(19-17-26)35(44)39-21-25-14-12-24(2)13-15-25/h4-15,26-27,32-33H,3,16-23H2,1-2H3,(H,39,44)(H,41,46)(H2,40,43,45)/b42-34-/t26?,27?,33-/m0/s1. The monoisotopic (exact) mass is 701 g/mol. The number of hydrogen-bond donors (Lipinski definition) is 4. The second-order valence-electron chi connectivity index (χ2n) is 12.4. The Labute approximate surface area is 285 Å². The Morgan fingerprint density at radius 3 is 2.15 bits per heavy atom. The van der Waals surface area contributed by atoms with Gasteiger partial charge in [-0.05, 0) is 72.8 Å². The van der Waals surface area contributed by atoms with Crippen LogP contribution in [-0.4, -0.2) is 48.3 Å². The molecule has 2 aliphatic carbocycles. The molecular formula is C37H44BrN5O4. The quantitative estimate of drug-likeness (QED) is 0.0945. The first-order chi connectivity index (χ1) is 22.9. The van der Waals surface area contributed by atoms with E-state index in [2.05, 4.69) is 66.7 Å². The van der Waals surface area contributed by atoms with Crippen LogP contribution in [0, 0.1) is 18.8 Å². The first-order valence-corrected chi connectivity index (χ1v) is 17.6. The van der Waals surface area contributed by atoms with Crippen molar-refractivity contribution in [3.63, 3.8) is 0 Å². The molecule has 0 radical (unpaired) electrons. The number of amides is 4. The number of ether oxygens (including phenoxy) is 1. The van der Waals surface area contributed by atoms with Crippen molar-refractivity contribution in [2.75, 3.05) is 18.5 Å². The van der Waals surface area contributed by atoms with Crippen LogP contribution >= 0.6 is 15.9 Å². The van der Waals surface area contributed by atoms with Gasteiger partial charge >= 0.3 is 12.1 Å². The molecule has 0 bridgehead atoms. The molecule has 1 fully saturated rings. The lowest BCUT2D eigenvalue weighted by Gasteiger charge is -2.27. The minimum absolute atomic E-state index is 0.00608. The number of hydrazone groups is 1. The fourth-order valence-corrected chi connectivity index (χ4v) is 6.99. The zero-order chi connectivity index (χ0) is 33.2. The van der Waals surface area contributed by atoms with Gasteiger partial charge in [-0.15, -0.1) is 0 Å². The molecule has 0 spiro atoms. The number of nitrogens with zero attached hydrogens (tertiary/aromatic N) is 1. The Kier molecular flexibility index (Phi) is 12.1. The van der Waals surface area contributed by atoms with Gasteiger partial charge in [-0.3, -0.25) is 4.79 Å². The number of hydrogen-bond acceptors (Lipinski definition) is 5.